The summed E-state index contributed by atoms with van der Waals surface area (Å²) in [4.78, 5) is 36.0. The number of nitrogens with two attached hydrogens (primary N) is 2. The van der Waals surface area contributed by atoms with Gasteiger partial charge in [-0.2, -0.15) is 0 Å². The van der Waals surface area contributed by atoms with Crippen LogP contribution in [0.15, 0.2) is 0 Å². The topological polar surface area (TPSA) is 201 Å². The molecule has 0 atom stereocenters. The largest absolute Gasteiger partial charge is 1.00 e. The molecular formula is C10H27K3N2O8. The van der Waals surface area contributed by atoms with Crippen LogP contribution in [0.2, 0.25) is 0 Å². The third kappa shape index (κ3) is 926. The van der Waals surface area contributed by atoms with E-state index in [1.807, 2.05) is 0 Å². The van der Waals surface area contributed by atoms with Crippen LogP contribution < -0.4 is 166 Å². The predicted octanol–water partition coefficient (Wildman–Crippen LogP) is -9.38. The first-order chi connectivity index (χ1) is 8.84. The van der Waals surface area contributed by atoms with Crippen molar-refractivity contribution in [2.75, 3.05) is 13.1 Å². The van der Waals surface area contributed by atoms with Gasteiger partial charge in [-0.15, -0.1) is 0 Å². The van der Waals surface area contributed by atoms with Crippen LogP contribution in [-0.2, 0) is 19.2 Å². The van der Waals surface area contributed by atoms with Gasteiger partial charge in [0.2, 0.25) is 0 Å². The normalized spacial score (nSPS) is 5.65. The SMILES string of the molecule is CC(=O)O.CC(=O)O.CC(=O)O.CC(=O)O.NCCN.[H-].[H-].[H-].[K+].[K+].[K+]. The van der Waals surface area contributed by atoms with Gasteiger partial charge >= 0.3 is 154 Å². The zero-order valence-corrected chi connectivity index (χ0v) is 24.4. The van der Waals surface area contributed by atoms with E-state index in [1.165, 1.54) is 0 Å². The number of carbonyl (C=O) groups is 4. The van der Waals surface area contributed by atoms with E-state index in [0.717, 1.165) is 27.7 Å². The quantitative estimate of drug-likeness (QED) is 0.221. The van der Waals surface area contributed by atoms with Gasteiger partial charge in [0.15, 0.2) is 0 Å². The first-order valence-electron chi connectivity index (χ1n) is 5.03. The van der Waals surface area contributed by atoms with Crippen molar-refractivity contribution in [2.45, 2.75) is 27.7 Å². The molecule has 0 saturated heterocycles. The minimum absolute atomic E-state index is 0. The van der Waals surface area contributed by atoms with Crippen LogP contribution in [0.5, 0.6) is 0 Å². The van der Waals surface area contributed by atoms with Gasteiger partial charge in [-0.1, -0.05) is 0 Å². The van der Waals surface area contributed by atoms with Crippen LogP contribution in [0.3, 0.4) is 0 Å². The molecule has 10 nitrogen and oxygen atoms in total. The van der Waals surface area contributed by atoms with Crippen molar-refractivity contribution in [2.24, 2.45) is 11.5 Å². The molecule has 13 heteroatoms. The van der Waals surface area contributed by atoms with Crippen LogP contribution in [0.1, 0.15) is 32.0 Å². The molecule has 0 unspecified atom stereocenters. The molecule has 0 aromatic carbocycles. The predicted molar refractivity (Wildman–Crippen MR) is 74.7 cm³/mol. The molecule has 0 amide bonds. The first-order valence-corrected chi connectivity index (χ1v) is 5.03. The maximum atomic E-state index is 9.00. The Morgan fingerprint density at radius 1 is 0.609 bits per heavy atom. The summed E-state index contributed by atoms with van der Waals surface area (Å²) in [5, 5.41) is 29.7. The van der Waals surface area contributed by atoms with E-state index >= 15 is 0 Å². The standard InChI is InChI=1S/C2H8N2.4C2H4O2.3K.3H/c3-1-2-4;4*1-2(3)4;;;;;;/h1-4H2;4*1H3,(H,3,4);;;;;;/q;;;;;3*+1;3*-1. The Balaban J connectivity index is -0.0000000114. The second-order valence-corrected chi connectivity index (χ2v) is 2.65. The number of hydrogen-bond donors (Lipinski definition) is 6. The second kappa shape index (κ2) is 49.7. The number of rotatable bonds is 1. The molecular weight excluding hydrogens is 393 g/mol. The van der Waals surface area contributed by atoms with Crippen molar-refractivity contribution in [3.63, 3.8) is 0 Å². The summed E-state index contributed by atoms with van der Waals surface area (Å²) in [5.41, 5.74) is 9.81. The number of carboxylic acid groups (broad SMARTS) is 4. The Bertz CT molecular complexity index is 216. The Morgan fingerprint density at radius 3 is 0.652 bits per heavy atom. The molecule has 0 spiro atoms. The van der Waals surface area contributed by atoms with Gasteiger partial charge in [0.1, 0.15) is 0 Å². The van der Waals surface area contributed by atoms with Gasteiger partial charge in [-0.05, 0) is 0 Å². The monoisotopic (exact) mass is 420 g/mol. The first kappa shape index (κ1) is 50.1. The van der Waals surface area contributed by atoms with Gasteiger partial charge in [0.25, 0.3) is 23.9 Å². The molecule has 0 fully saturated rings. The van der Waals surface area contributed by atoms with Crippen molar-refractivity contribution >= 4 is 23.9 Å². The van der Waals surface area contributed by atoms with E-state index in [1.54, 1.807) is 0 Å². The summed E-state index contributed by atoms with van der Waals surface area (Å²) in [5.74, 6) is -3.33. The van der Waals surface area contributed by atoms with Crippen LogP contribution in [0, 0.1) is 0 Å². The maximum Gasteiger partial charge on any atom is 1.00 e. The third-order valence-electron chi connectivity index (χ3n) is 0.167. The fourth-order valence-corrected chi connectivity index (χ4v) is 0. The molecule has 0 rings (SSSR count). The molecule has 0 aromatic rings. The zero-order valence-electron chi connectivity index (χ0n) is 18.0. The fraction of sp³-hybridized carbons (Fsp3) is 0.600. The van der Waals surface area contributed by atoms with Gasteiger partial charge in [0, 0.05) is 40.8 Å². The van der Waals surface area contributed by atoms with E-state index in [-0.39, 0.29) is 158 Å². The molecule has 0 aliphatic rings. The molecule has 0 saturated carbocycles. The van der Waals surface area contributed by atoms with Crippen LogP contribution in [-0.4, -0.2) is 57.4 Å². The van der Waals surface area contributed by atoms with Crippen molar-refractivity contribution < 1.29 is 198 Å². The van der Waals surface area contributed by atoms with E-state index in [4.69, 9.17) is 51.1 Å². The minimum Gasteiger partial charge on any atom is -1.00 e. The zero-order chi connectivity index (χ0) is 17.7. The number of carboxylic acids is 4. The van der Waals surface area contributed by atoms with E-state index in [9.17, 15) is 0 Å². The maximum absolute atomic E-state index is 9.00. The minimum atomic E-state index is -0.833. The Labute approximate surface area is 268 Å². The summed E-state index contributed by atoms with van der Waals surface area (Å²) in [6.07, 6.45) is 0. The smallest absolute Gasteiger partial charge is 1.00 e. The average Bonchev–Trinajstić information content (AvgIpc) is 2.13. The summed E-state index contributed by atoms with van der Waals surface area (Å²) < 4.78 is 0. The molecule has 0 aliphatic heterocycles. The second-order valence-electron chi connectivity index (χ2n) is 2.65. The Hall–Kier alpha value is 2.71. The molecule has 0 heterocycles. The Morgan fingerprint density at radius 2 is 0.652 bits per heavy atom. The van der Waals surface area contributed by atoms with Crippen LogP contribution >= 0.6 is 0 Å². The molecule has 8 N–H and O–H groups in total. The number of aliphatic carboxylic acids is 4. The third-order valence-corrected chi connectivity index (χ3v) is 0.167. The van der Waals surface area contributed by atoms with Crippen molar-refractivity contribution in [1.82, 2.24) is 0 Å². The summed E-state index contributed by atoms with van der Waals surface area (Å²) in [6.45, 7) is 5.53. The molecule has 0 bridgehead atoms. The van der Waals surface area contributed by atoms with E-state index < -0.39 is 23.9 Å². The average molecular weight is 421 g/mol. The summed E-state index contributed by atoms with van der Waals surface area (Å²) >= 11 is 0. The van der Waals surface area contributed by atoms with Gasteiger partial charge < -0.3 is 36.2 Å². The van der Waals surface area contributed by atoms with Gasteiger partial charge in [0.05, 0.1) is 0 Å². The van der Waals surface area contributed by atoms with Crippen LogP contribution in [0.4, 0.5) is 0 Å². The summed E-state index contributed by atoms with van der Waals surface area (Å²) in [7, 11) is 0. The van der Waals surface area contributed by atoms with Gasteiger partial charge in [-0.3, -0.25) is 19.2 Å². The summed E-state index contributed by atoms with van der Waals surface area (Å²) in [6, 6.07) is 0. The molecule has 23 heavy (non-hydrogen) atoms. The van der Waals surface area contributed by atoms with Crippen molar-refractivity contribution in [3.8, 4) is 0 Å². The van der Waals surface area contributed by atoms with E-state index in [2.05, 4.69) is 0 Å². The molecule has 128 valence electrons. The molecule has 0 radical (unpaired) electrons. The van der Waals surface area contributed by atoms with Crippen LogP contribution in [0.25, 0.3) is 0 Å². The Kier molecular flexibility index (Phi) is 108. The van der Waals surface area contributed by atoms with Gasteiger partial charge in [-0.25, -0.2) is 0 Å². The molecule has 0 aliphatic carbocycles. The molecule has 0 aromatic heterocycles. The fourth-order valence-electron chi connectivity index (χ4n) is 0. The van der Waals surface area contributed by atoms with Crippen molar-refractivity contribution in [1.29, 1.82) is 0 Å². The van der Waals surface area contributed by atoms with E-state index in [0.29, 0.717) is 13.1 Å². The van der Waals surface area contributed by atoms with Crippen molar-refractivity contribution in [3.05, 3.63) is 0 Å². The number of hydrogen-bond acceptors (Lipinski definition) is 6.